The highest BCUT2D eigenvalue weighted by Crippen LogP contribution is 2.49. The minimum Gasteiger partial charge on any atom is -0.454 e. The van der Waals surface area contributed by atoms with Crippen molar-refractivity contribution in [3.63, 3.8) is 0 Å². The number of benzene rings is 1. The van der Waals surface area contributed by atoms with Crippen LogP contribution in [0, 0.1) is 13.8 Å². The van der Waals surface area contributed by atoms with E-state index in [1.165, 1.54) is 29.7 Å². The smallest absolute Gasteiger partial charge is 0.231 e. The highest BCUT2D eigenvalue weighted by atomic mass is 16.7. The second kappa shape index (κ2) is 7.61. The lowest BCUT2D eigenvalue weighted by Crippen LogP contribution is -2.45. The molecule has 2 aliphatic rings. The molecule has 1 saturated carbocycles. The zero-order chi connectivity index (χ0) is 20.6. The molecule has 2 aromatic rings. The van der Waals surface area contributed by atoms with Gasteiger partial charge in [-0.05, 0) is 63.3 Å². The van der Waals surface area contributed by atoms with Gasteiger partial charge in [0.2, 0.25) is 6.79 Å². The van der Waals surface area contributed by atoms with Crippen molar-refractivity contribution < 1.29 is 9.47 Å². The Morgan fingerprint density at radius 3 is 2.69 bits per heavy atom. The van der Waals surface area contributed by atoms with Crippen LogP contribution in [0.1, 0.15) is 42.3 Å². The number of fused-ring (bicyclic) bond motifs is 1. The molecule has 1 unspecified atom stereocenters. The number of hydrogen-bond acceptors (Lipinski definition) is 4. The Labute approximate surface area is 172 Å². The first-order valence-corrected chi connectivity index (χ1v) is 10.3. The third-order valence-electron chi connectivity index (χ3n) is 6.21. The zero-order valence-corrected chi connectivity index (χ0v) is 18.0. The van der Waals surface area contributed by atoms with Crippen LogP contribution in [0.15, 0.2) is 23.2 Å². The SMILES string of the molecule is CN=C(NCC1(c2ccc3c(c2)OCO3)CC1)NC(C)Cc1c(C)nn(C)c1C. The molecule has 2 heterocycles. The van der Waals surface area contributed by atoms with Crippen LogP contribution >= 0.6 is 0 Å². The van der Waals surface area contributed by atoms with Gasteiger partial charge in [-0.2, -0.15) is 5.10 Å². The second-order valence-corrected chi connectivity index (χ2v) is 8.30. The van der Waals surface area contributed by atoms with Crippen molar-refractivity contribution in [3.8, 4) is 11.5 Å². The fraction of sp³-hybridized carbons (Fsp3) is 0.545. The summed E-state index contributed by atoms with van der Waals surface area (Å²) in [5, 5.41) is 11.6. The quantitative estimate of drug-likeness (QED) is 0.579. The van der Waals surface area contributed by atoms with E-state index in [9.17, 15) is 0 Å². The third-order valence-corrected chi connectivity index (χ3v) is 6.21. The van der Waals surface area contributed by atoms with Gasteiger partial charge in [0.25, 0.3) is 0 Å². The molecule has 1 fully saturated rings. The van der Waals surface area contributed by atoms with E-state index < -0.39 is 0 Å². The Hall–Kier alpha value is -2.70. The first-order chi connectivity index (χ1) is 13.9. The van der Waals surface area contributed by atoms with Crippen LogP contribution < -0.4 is 20.1 Å². The van der Waals surface area contributed by atoms with Gasteiger partial charge in [-0.15, -0.1) is 0 Å². The van der Waals surface area contributed by atoms with Gasteiger partial charge in [0.1, 0.15) is 0 Å². The van der Waals surface area contributed by atoms with Crippen molar-refractivity contribution >= 4 is 5.96 Å². The lowest BCUT2D eigenvalue weighted by molar-refractivity contribution is 0.174. The number of aryl methyl sites for hydroxylation is 2. The fourth-order valence-corrected chi connectivity index (χ4v) is 4.10. The van der Waals surface area contributed by atoms with Crippen molar-refractivity contribution in [2.45, 2.75) is 51.5 Å². The molecule has 1 aliphatic heterocycles. The van der Waals surface area contributed by atoms with Gasteiger partial charge in [-0.3, -0.25) is 9.67 Å². The van der Waals surface area contributed by atoms with Crippen LogP contribution in [0.4, 0.5) is 0 Å². The summed E-state index contributed by atoms with van der Waals surface area (Å²) >= 11 is 0. The molecule has 7 nitrogen and oxygen atoms in total. The van der Waals surface area contributed by atoms with Crippen LogP contribution in [0.3, 0.4) is 0 Å². The Kier molecular flexibility index (Phi) is 5.15. The molecule has 0 radical (unpaired) electrons. The Morgan fingerprint density at radius 2 is 2.03 bits per heavy atom. The number of guanidine groups is 1. The summed E-state index contributed by atoms with van der Waals surface area (Å²) in [7, 11) is 3.82. The van der Waals surface area contributed by atoms with Crippen molar-refractivity contribution in [1.29, 1.82) is 0 Å². The maximum absolute atomic E-state index is 5.55. The minimum atomic E-state index is 0.151. The van der Waals surface area contributed by atoms with Crippen LogP contribution in [0.5, 0.6) is 11.5 Å². The van der Waals surface area contributed by atoms with Gasteiger partial charge in [0.15, 0.2) is 17.5 Å². The summed E-state index contributed by atoms with van der Waals surface area (Å²) in [6.45, 7) is 7.55. The van der Waals surface area contributed by atoms with E-state index in [1.54, 1.807) is 0 Å². The molecule has 1 aliphatic carbocycles. The minimum absolute atomic E-state index is 0.151. The Bertz CT molecular complexity index is 930. The summed E-state index contributed by atoms with van der Waals surface area (Å²) in [5.74, 6) is 2.53. The van der Waals surface area contributed by atoms with Crippen LogP contribution in [0.25, 0.3) is 0 Å². The molecule has 0 bridgehead atoms. The first kappa shape index (κ1) is 19.6. The van der Waals surface area contributed by atoms with E-state index in [2.05, 4.69) is 53.6 Å². The molecule has 0 amide bonds. The number of aromatic nitrogens is 2. The number of nitrogens with zero attached hydrogens (tertiary/aromatic N) is 3. The molecule has 1 aromatic heterocycles. The predicted octanol–water partition coefficient (Wildman–Crippen LogP) is 2.59. The van der Waals surface area contributed by atoms with Crippen LogP contribution in [-0.2, 0) is 18.9 Å². The molecule has 4 rings (SSSR count). The van der Waals surface area contributed by atoms with Gasteiger partial charge in [-0.1, -0.05) is 6.07 Å². The average Bonchev–Trinajstić information content (AvgIpc) is 3.28. The fourth-order valence-electron chi connectivity index (χ4n) is 4.10. The molecule has 29 heavy (non-hydrogen) atoms. The molecule has 0 spiro atoms. The largest absolute Gasteiger partial charge is 0.454 e. The summed E-state index contributed by atoms with van der Waals surface area (Å²) in [6.07, 6.45) is 3.25. The van der Waals surface area contributed by atoms with Crippen molar-refractivity contribution in [1.82, 2.24) is 20.4 Å². The van der Waals surface area contributed by atoms with Crippen molar-refractivity contribution in [3.05, 3.63) is 40.7 Å². The third kappa shape index (κ3) is 3.91. The Morgan fingerprint density at radius 1 is 1.28 bits per heavy atom. The van der Waals surface area contributed by atoms with Gasteiger partial charge < -0.3 is 20.1 Å². The van der Waals surface area contributed by atoms with Gasteiger partial charge in [-0.25, -0.2) is 0 Å². The molecule has 0 saturated heterocycles. The molecular formula is C22H31N5O2. The molecule has 156 valence electrons. The molecule has 1 aromatic carbocycles. The molecule has 1 atom stereocenters. The number of rotatable bonds is 6. The van der Waals surface area contributed by atoms with E-state index in [1.807, 2.05) is 24.8 Å². The lowest BCUT2D eigenvalue weighted by atomic mass is 9.95. The predicted molar refractivity (Wildman–Crippen MR) is 114 cm³/mol. The van der Waals surface area contributed by atoms with Crippen molar-refractivity contribution in [2.75, 3.05) is 20.4 Å². The highest BCUT2D eigenvalue weighted by molar-refractivity contribution is 5.80. The summed E-state index contributed by atoms with van der Waals surface area (Å²) in [6, 6.07) is 6.56. The summed E-state index contributed by atoms with van der Waals surface area (Å²) in [4.78, 5) is 4.43. The van der Waals surface area contributed by atoms with E-state index in [4.69, 9.17) is 9.47 Å². The Balaban J connectivity index is 1.36. The standard InChI is InChI=1S/C22H31N5O2/c1-14(10-18-15(2)26-27(5)16(18)3)25-21(23-4)24-12-22(8-9-22)17-6-7-19-20(11-17)29-13-28-19/h6-7,11,14H,8-10,12-13H2,1-5H3,(H2,23,24,25). The highest BCUT2D eigenvalue weighted by Gasteiger charge is 2.44. The van der Waals surface area contributed by atoms with Crippen molar-refractivity contribution in [2.24, 2.45) is 12.0 Å². The van der Waals surface area contributed by atoms with Crippen LogP contribution in [-0.4, -0.2) is 42.2 Å². The molecular weight excluding hydrogens is 366 g/mol. The van der Waals surface area contributed by atoms with Gasteiger partial charge in [0, 0.05) is 37.8 Å². The number of aliphatic imine (C=N–C) groups is 1. The van der Waals surface area contributed by atoms with Crippen LogP contribution in [0.2, 0.25) is 0 Å². The van der Waals surface area contributed by atoms with Gasteiger partial charge in [0.05, 0.1) is 5.69 Å². The van der Waals surface area contributed by atoms with E-state index in [0.717, 1.165) is 36.1 Å². The maximum atomic E-state index is 5.55. The number of nitrogens with one attached hydrogen (secondary N) is 2. The number of ether oxygens (including phenoxy) is 2. The second-order valence-electron chi connectivity index (χ2n) is 8.30. The average molecular weight is 398 g/mol. The summed E-state index contributed by atoms with van der Waals surface area (Å²) < 4.78 is 12.9. The zero-order valence-electron chi connectivity index (χ0n) is 18.0. The van der Waals surface area contributed by atoms with E-state index >= 15 is 0 Å². The summed E-state index contributed by atoms with van der Waals surface area (Å²) in [5.41, 5.74) is 5.08. The normalized spacial score (nSPS) is 17.9. The topological polar surface area (TPSA) is 72.7 Å². The van der Waals surface area contributed by atoms with E-state index in [0.29, 0.717) is 6.79 Å². The van der Waals surface area contributed by atoms with Gasteiger partial charge >= 0.3 is 0 Å². The lowest BCUT2D eigenvalue weighted by Gasteiger charge is -2.22. The van der Waals surface area contributed by atoms with E-state index in [-0.39, 0.29) is 11.5 Å². The monoisotopic (exact) mass is 397 g/mol. The molecule has 2 N–H and O–H groups in total. The molecule has 7 heteroatoms. The maximum Gasteiger partial charge on any atom is 0.231 e. The number of hydrogen-bond donors (Lipinski definition) is 2. The first-order valence-electron chi connectivity index (χ1n) is 10.3.